The molecule has 0 aliphatic carbocycles. The lowest BCUT2D eigenvalue weighted by molar-refractivity contribution is 0.0954. The van der Waals surface area contributed by atoms with Crippen molar-refractivity contribution in [1.82, 2.24) is 15.1 Å². The zero-order chi connectivity index (χ0) is 22.5. The van der Waals surface area contributed by atoms with Gasteiger partial charge in [-0.1, -0.05) is 24.3 Å². The van der Waals surface area contributed by atoms with Gasteiger partial charge in [-0.25, -0.2) is 4.68 Å². The molecular weight excluding hydrogens is 406 g/mol. The van der Waals surface area contributed by atoms with Gasteiger partial charge in [0.25, 0.3) is 5.91 Å². The van der Waals surface area contributed by atoms with Crippen molar-refractivity contribution in [2.24, 2.45) is 0 Å². The molecule has 0 aliphatic heterocycles. The number of para-hydroxylation sites is 1. The first-order chi connectivity index (χ1) is 15.5. The molecule has 0 unspecified atom stereocenters. The average Bonchev–Trinajstić information content (AvgIpc) is 3.28. The third kappa shape index (κ3) is 4.57. The fourth-order valence-electron chi connectivity index (χ4n) is 3.36. The van der Waals surface area contributed by atoms with E-state index in [1.54, 1.807) is 24.1 Å². The summed E-state index contributed by atoms with van der Waals surface area (Å²) in [5, 5.41) is 26.7. The molecule has 0 aliphatic rings. The summed E-state index contributed by atoms with van der Waals surface area (Å²) in [5.41, 5.74) is 3.47. The third-order valence-corrected chi connectivity index (χ3v) is 5.08. The second-order valence-electron chi connectivity index (χ2n) is 7.23. The number of aromatic nitrogens is 2. The highest BCUT2D eigenvalue weighted by atomic mass is 16.5. The number of methoxy groups -OCH3 is 1. The van der Waals surface area contributed by atoms with Gasteiger partial charge in [0.2, 0.25) is 0 Å². The number of carbonyl (C=O) groups is 1. The predicted molar refractivity (Wildman–Crippen MR) is 121 cm³/mol. The van der Waals surface area contributed by atoms with Crippen molar-refractivity contribution >= 4 is 5.91 Å². The highest BCUT2D eigenvalue weighted by Gasteiger charge is 2.18. The van der Waals surface area contributed by atoms with Gasteiger partial charge < -0.3 is 20.3 Å². The number of hydrogen-bond donors (Lipinski definition) is 3. The largest absolute Gasteiger partial charge is 0.504 e. The summed E-state index contributed by atoms with van der Waals surface area (Å²) in [7, 11) is 1.60. The maximum Gasteiger partial charge on any atom is 0.255 e. The van der Waals surface area contributed by atoms with Crippen LogP contribution in [0.3, 0.4) is 0 Å². The fourth-order valence-corrected chi connectivity index (χ4v) is 3.36. The van der Waals surface area contributed by atoms with Gasteiger partial charge in [-0.15, -0.1) is 0 Å². The summed E-state index contributed by atoms with van der Waals surface area (Å²) in [5.74, 6) is 0.121. The molecule has 0 bridgehead atoms. The Kier molecular flexibility index (Phi) is 6.07. The first-order valence-electron chi connectivity index (χ1n) is 10.1. The van der Waals surface area contributed by atoms with E-state index in [9.17, 15) is 15.0 Å². The van der Waals surface area contributed by atoms with Crippen molar-refractivity contribution < 1.29 is 19.7 Å². The van der Waals surface area contributed by atoms with Crippen molar-refractivity contribution in [3.63, 3.8) is 0 Å². The Bertz CT molecular complexity index is 1220. The summed E-state index contributed by atoms with van der Waals surface area (Å²) in [6.07, 6.45) is 2.22. The van der Waals surface area contributed by atoms with E-state index in [1.165, 1.54) is 12.1 Å². The summed E-state index contributed by atoms with van der Waals surface area (Å²) in [6, 6.07) is 21.6. The molecule has 0 saturated heterocycles. The molecule has 4 rings (SSSR count). The van der Waals surface area contributed by atoms with E-state index in [0.717, 1.165) is 22.6 Å². The number of hydrogen-bond acceptors (Lipinski definition) is 5. The summed E-state index contributed by atoms with van der Waals surface area (Å²) in [6.45, 7) is 0.363. The van der Waals surface area contributed by atoms with Crippen LogP contribution in [0.5, 0.6) is 17.2 Å². The first-order valence-corrected chi connectivity index (χ1v) is 10.1. The Labute approximate surface area is 185 Å². The van der Waals surface area contributed by atoms with E-state index in [1.807, 2.05) is 54.6 Å². The number of nitrogens with zero attached hydrogens (tertiary/aromatic N) is 2. The van der Waals surface area contributed by atoms with Gasteiger partial charge in [-0.2, -0.15) is 5.10 Å². The van der Waals surface area contributed by atoms with E-state index >= 15 is 0 Å². The number of aromatic hydroxyl groups is 2. The number of amides is 1. The molecule has 0 saturated carbocycles. The third-order valence-electron chi connectivity index (χ3n) is 5.08. The molecule has 4 aromatic rings. The van der Waals surface area contributed by atoms with Gasteiger partial charge >= 0.3 is 0 Å². The molecule has 1 aromatic heterocycles. The van der Waals surface area contributed by atoms with Crippen LogP contribution in [-0.2, 0) is 6.42 Å². The molecule has 0 spiro atoms. The molecule has 3 N–H and O–H groups in total. The molecule has 0 atom stereocenters. The van der Waals surface area contributed by atoms with Crippen LogP contribution < -0.4 is 10.1 Å². The van der Waals surface area contributed by atoms with Crippen molar-refractivity contribution in [3.05, 3.63) is 90.1 Å². The Morgan fingerprint density at radius 3 is 2.44 bits per heavy atom. The smallest absolute Gasteiger partial charge is 0.255 e. The fraction of sp³-hybridized carbons (Fsp3) is 0.120. The summed E-state index contributed by atoms with van der Waals surface area (Å²) >= 11 is 0. The maximum atomic E-state index is 13.0. The number of nitrogens with one attached hydrogen (secondary N) is 1. The minimum Gasteiger partial charge on any atom is -0.504 e. The normalized spacial score (nSPS) is 10.7. The van der Waals surface area contributed by atoms with Crippen LogP contribution in [0.15, 0.2) is 79.0 Å². The molecule has 1 heterocycles. The Hall–Kier alpha value is -4.26. The lowest BCUT2D eigenvalue weighted by atomic mass is 10.1. The van der Waals surface area contributed by atoms with Crippen molar-refractivity contribution in [2.45, 2.75) is 6.42 Å². The van der Waals surface area contributed by atoms with Crippen LogP contribution in [0.2, 0.25) is 0 Å². The van der Waals surface area contributed by atoms with Gasteiger partial charge in [0.05, 0.1) is 18.4 Å². The zero-order valence-corrected chi connectivity index (χ0v) is 17.5. The van der Waals surface area contributed by atoms with Crippen molar-refractivity contribution in [1.29, 1.82) is 0 Å². The number of rotatable bonds is 7. The highest BCUT2D eigenvalue weighted by molar-refractivity contribution is 6.00. The average molecular weight is 429 g/mol. The first kappa shape index (κ1) is 21.0. The predicted octanol–water partition coefficient (Wildman–Crippen LogP) is 3.93. The molecular formula is C25H23N3O4. The van der Waals surface area contributed by atoms with E-state index in [0.29, 0.717) is 24.2 Å². The minimum atomic E-state index is -0.249. The van der Waals surface area contributed by atoms with Gasteiger partial charge in [0, 0.05) is 18.3 Å². The molecule has 162 valence electrons. The zero-order valence-electron chi connectivity index (χ0n) is 17.5. The van der Waals surface area contributed by atoms with Gasteiger partial charge in [0.15, 0.2) is 11.5 Å². The van der Waals surface area contributed by atoms with Crippen LogP contribution in [0.25, 0.3) is 16.9 Å². The number of carbonyl (C=O) groups excluding carboxylic acids is 1. The minimum absolute atomic E-state index is 0.171. The van der Waals surface area contributed by atoms with Crippen LogP contribution in [0, 0.1) is 0 Å². The molecule has 1 amide bonds. The summed E-state index contributed by atoms with van der Waals surface area (Å²) < 4.78 is 6.92. The SMILES string of the molecule is COc1ccc(-c2nn(-c3ccccc3)cc2C(=O)NCCc2ccc(O)c(O)c2)cc1. The van der Waals surface area contributed by atoms with Crippen LogP contribution in [-0.4, -0.2) is 39.6 Å². The van der Waals surface area contributed by atoms with Crippen LogP contribution in [0.4, 0.5) is 0 Å². The number of benzene rings is 3. The van der Waals surface area contributed by atoms with Gasteiger partial charge in [-0.3, -0.25) is 4.79 Å². The number of ether oxygens (including phenoxy) is 1. The Balaban J connectivity index is 1.58. The lowest BCUT2D eigenvalue weighted by Crippen LogP contribution is -2.25. The van der Waals surface area contributed by atoms with Crippen molar-refractivity contribution in [2.75, 3.05) is 13.7 Å². The number of phenolic OH excluding ortho intramolecular Hbond substituents is 2. The van der Waals surface area contributed by atoms with E-state index in [-0.39, 0.29) is 17.4 Å². The standard InChI is InChI=1S/C25H23N3O4/c1-32-20-10-8-18(9-11-20)24-21(16-28(27-24)19-5-3-2-4-6-19)25(31)26-14-13-17-7-12-22(29)23(30)15-17/h2-12,15-16,29-30H,13-14H2,1H3,(H,26,31). The topological polar surface area (TPSA) is 96.6 Å². The monoisotopic (exact) mass is 429 g/mol. The van der Waals surface area contributed by atoms with Crippen LogP contribution >= 0.6 is 0 Å². The second-order valence-corrected chi connectivity index (χ2v) is 7.23. The van der Waals surface area contributed by atoms with Crippen LogP contribution in [0.1, 0.15) is 15.9 Å². The second kappa shape index (κ2) is 9.26. The molecule has 3 aromatic carbocycles. The van der Waals surface area contributed by atoms with E-state index in [4.69, 9.17) is 4.74 Å². The summed E-state index contributed by atoms with van der Waals surface area (Å²) in [4.78, 5) is 13.0. The quantitative estimate of drug-likeness (QED) is 0.387. The van der Waals surface area contributed by atoms with Crippen molar-refractivity contribution in [3.8, 4) is 34.2 Å². The van der Waals surface area contributed by atoms with E-state index in [2.05, 4.69) is 10.4 Å². The molecule has 32 heavy (non-hydrogen) atoms. The lowest BCUT2D eigenvalue weighted by Gasteiger charge is -2.07. The molecule has 0 radical (unpaired) electrons. The number of phenols is 2. The Morgan fingerprint density at radius 2 is 1.75 bits per heavy atom. The molecule has 7 heteroatoms. The van der Waals surface area contributed by atoms with E-state index < -0.39 is 0 Å². The highest BCUT2D eigenvalue weighted by Crippen LogP contribution is 2.27. The molecule has 0 fully saturated rings. The molecule has 7 nitrogen and oxygen atoms in total. The van der Waals surface area contributed by atoms with Gasteiger partial charge in [-0.05, 0) is 60.5 Å². The Morgan fingerprint density at radius 1 is 1.00 bits per heavy atom. The maximum absolute atomic E-state index is 13.0. The van der Waals surface area contributed by atoms with Gasteiger partial charge in [0.1, 0.15) is 11.4 Å².